The Labute approximate surface area is 157 Å². The highest BCUT2D eigenvalue weighted by molar-refractivity contribution is 6.10. The molecule has 1 aromatic rings. The zero-order chi connectivity index (χ0) is 19.3. The quantitative estimate of drug-likeness (QED) is 0.786. The second-order valence-corrected chi connectivity index (χ2v) is 7.60. The Hall–Kier alpha value is -2.04. The smallest absolute Gasteiger partial charge is 0.239 e. The molecule has 1 aliphatic heterocycles. The molecule has 0 spiro atoms. The predicted octanol–water partition coefficient (Wildman–Crippen LogP) is 3.82. The first kappa shape index (κ1) is 20.3. The number of nitrogens with one attached hydrogen (secondary N) is 1. The maximum absolute atomic E-state index is 12.8. The number of carbonyl (C=O) groups is 2. The first-order chi connectivity index (χ1) is 12.3. The van der Waals surface area contributed by atoms with Crippen molar-refractivity contribution in [3.8, 4) is 0 Å². The maximum atomic E-state index is 12.8. The number of anilines is 2. The average Bonchev–Trinajstić information content (AvgIpc) is 2.64. The fraction of sp³-hybridized carbons (Fsp3) is 0.619. The monoisotopic (exact) mass is 359 g/mol. The third-order valence-corrected chi connectivity index (χ3v) is 5.33. The fourth-order valence-electron chi connectivity index (χ4n) is 3.44. The van der Waals surface area contributed by atoms with Crippen LogP contribution in [0.5, 0.6) is 0 Å². The number of hydrogen-bond acceptors (Lipinski definition) is 3. The number of nitrogens with zero attached hydrogens (tertiary/aromatic N) is 2. The largest absolute Gasteiger partial charge is 0.372 e. The number of amides is 2. The van der Waals surface area contributed by atoms with Gasteiger partial charge in [-0.2, -0.15) is 0 Å². The number of aryl methyl sites for hydroxylation is 1. The molecule has 1 heterocycles. The van der Waals surface area contributed by atoms with Gasteiger partial charge in [0, 0.05) is 37.6 Å². The third kappa shape index (κ3) is 4.37. The minimum Gasteiger partial charge on any atom is -0.372 e. The fourth-order valence-corrected chi connectivity index (χ4v) is 3.44. The van der Waals surface area contributed by atoms with E-state index < -0.39 is 5.41 Å². The van der Waals surface area contributed by atoms with Crippen molar-refractivity contribution in [1.29, 1.82) is 0 Å². The molecule has 0 saturated carbocycles. The Morgan fingerprint density at radius 3 is 2.27 bits per heavy atom. The van der Waals surface area contributed by atoms with Crippen molar-refractivity contribution in [2.45, 2.75) is 53.9 Å². The van der Waals surface area contributed by atoms with E-state index in [0.29, 0.717) is 0 Å². The van der Waals surface area contributed by atoms with Crippen LogP contribution in [0.1, 0.15) is 52.5 Å². The third-order valence-electron chi connectivity index (χ3n) is 5.33. The SMILES string of the molecule is CCN(CC)c1ccc(NC(=O)C(C)(C)C(=O)N2CCCCC2)c(C)c1. The summed E-state index contributed by atoms with van der Waals surface area (Å²) >= 11 is 0. The van der Waals surface area contributed by atoms with E-state index in [1.165, 1.54) is 0 Å². The van der Waals surface area contributed by atoms with Crippen molar-refractivity contribution >= 4 is 23.2 Å². The lowest BCUT2D eigenvalue weighted by molar-refractivity contribution is -0.147. The Morgan fingerprint density at radius 2 is 1.73 bits per heavy atom. The minimum absolute atomic E-state index is 0.0767. The van der Waals surface area contributed by atoms with Crippen LogP contribution in [-0.4, -0.2) is 42.9 Å². The number of benzene rings is 1. The molecule has 0 unspecified atom stereocenters. The van der Waals surface area contributed by atoms with Gasteiger partial charge in [-0.15, -0.1) is 0 Å². The molecular weight excluding hydrogens is 326 g/mol. The van der Waals surface area contributed by atoms with E-state index in [0.717, 1.165) is 62.4 Å². The molecule has 1 fully saturated rings. The van der Waals surface area contributed by atoms with E-state index in [-0.39, 0.29) is 11.8 Å². The van der Waals surface area contributed by atoms with Crippen LogP contribution in [0, 0.1) is 12.3 Å². The summed E-state index contributed by atoms with van der Waals surface area (Å²) in [6.45, 7) is 13.1. The van der Waals surface area contributed by atoms with Gasteiger partial charge in [-0.3, -0.25) is 9.59 Å². The first-order valence-corrected chi connectivity index (χ1v) is 9.77. The van der Waals surface area contributed by atoms with E-state index >= 15 is 0 Å². The van der Waals surface area contributed by atoms with E-state index in [1.54, 1.807) is 13.8 Å². The molecule has 5 heteroatoms. The van der Waals surface area contributed by atoms with E-state index in [1.807, 2.05) is 24.0 Å². The number of carbonyl (C=O) groups excluding carboxylic acids is 2. The van der Waals surface area contributed by atoms with Crippen LogP contribution in [0.2, 0.25) is 0 Å². The van der Waals surface area contributed by atoms with Crippen molar-refractivity contribution in [2.75, 3.05) is 36.4 Å². The summed E-state index contributed by atoms with van der Waals surface area (Å²) in [6.07, 6.45) is 3.21. The Balaban J connectivity index is 2.11. The maximum Gasteiger partial charge on any atom is 0.239 e. The molecule has 1 aromatic carbocycles. The van der Waals surface area contributed by atoms with E-state index in [9.17, 15) is 9.59 Å². The van der Waals surface area contributed by atoms with Gasteiger partial charge in [0.2, 0.25) is 11.8 Å². The standard InChI is InChI=1S/C21H33N3O2/c1-6-23(7-2)17-11-12-18(16(3)15-17)22-19(25)21(4,5)20(26)24-13-9-8-10-14-24/h11-12,15H,6-10,13-14H2,1-5H3,(H,22,25). The van der Waals surface area contributed by atoms with E-state index in [2.05, 4.69) is 30.1 Å². The topological polar surface area (TPSA) is 52.7 Å². The second kappa shape index (κ2) is 8.56. The zero-order valence-electron chi connectivity index (χ0n) is 16.9. The first-order valence-electron chi connectivity index (χ1n) is 9.77. The molecule has 5 nitrogen and oxygen atoms in total. The van der Waals surface area contributed by atoms with Gasteiger partial charge in [-0.05, 0) is 77.6 Å². The summed E-state index contributed by atoms with van der Waals surface area (Å²) in [7, 11) is 0. The lowest BCUT2D eigenvalue weighted by Crippen LogP contribution is -2.49. The lowest BCUT2D eigenvalue weighted by Gasteiger charge is -2.33. The second-order valence-electron chi connectivity index (χ2n) is 7.60. The van der Waals surface area contributed by atoms with E-state index in [4.69, 9.17) is 0 Å². The van der Waals surface area contributed by atoms with Crippen LogP contribution < -0.4 is 10.2 Å². The minimum atomic E-state index is -1.07. The van der Waals surface area contributed by atoms with Gasteiger partial charge in [0.15, 0.2) is 0 Å². The van der Waals surface area contributed by atoms with Crippen LogP contribution >= 0.6 is 0 Å². The van der Waals surface area contributed by atoms with Crippen LogP contribution in [0.3, 0.4) is 0 Å². The van der Waals surface area contributed by atoms with Gasteiger partial charge in [0.05, 0.1) is 0 Å². The normalized spacial score (nSPS) is 14.9. The molecule has 0 aliphatic carbocycles. The molecule has 0 aromatic heterocycles. The number of likely N-dealkylation sites (tertiary alicyclic amines) is 1. The van der Waals surface area contributed by atoms with Gasteiger partial charge in [-0.1, -0.05) is 0 Å². The molecule has 144 valence electrons. The molecule has 2 rings (SSSR count). The highest BCUT2D eigenvalue weighted by Gasteiger charge is 2.39. The molecule has 1 N–H and O–H groups in total. The van der Waals surface area contributed by atoms with Crippen molar-refractivity contribution in [3.63, 3.8) is 0 Å². The molecule has 26 heavy (non-hydrogen) atoms. The summed E-state index contributed by atoms with van der Waals surface area (Å²) in [5, 5.41) is 2.97. The molecule has 0 bridgehead atoms. The zero-order valence-corrected chi connectivity index (χ0v) is 16.9. The number of rotatable bonds is 6. The Bertz CT molecular complexity index is 645. The summed E-state index contributed by atoms with van der Waals surface area (Å²) in [6, 6.07) is 6.04. The Kier molecular flexibility index (Phi) is 6.68. The predicted molar refractivity (Wildman–Crippen MR) is 108 cm³/mol. The van der Waals surface area contributed by atoms with Crippen LogP contribution in [0.25, 0.3) is 0 Å². The molecule has 1 aliphatic rings. The molecule has 1 saturated heterocycles. The number of piperidine rings is 1. The Morgan fingerprint density at radius 1 is 1.12 bits per heavy atom. The highest BCUT2D eigenvalue weighted by atomic mass is 16.2. The summed E-state index contributed by atoms with van der Waals surface area (Å²) < 4.78 is 0. The van der Waals surface area contributed by atoms with Gasteiger partial charge >= 0.3 is 0 Å². The summed E-state index contributed by atoms with van der Waals surface area (Å²) in [5.41, 5.74) is 1.85. The van der Waals surface area contributed by atoms with Crippen molar-refractivity contribution < 1.29 is 9.59 Å². The highest BCUT2D eigenvalue weighted by Crippen LogP contribution is 2.27. The molecule has 0 radical (unpaired) electrons. The van der Waals surface area contributed by atoms with Gasteiger partial charge < -0.3 is 15.1 Å². The van der Waals surface area contributed by atoms with Crippen LogP contribution in [0.4, 0.5) is 11.4 Å². The van der Waals surface area contributed by atoms with Gasteiger partial charge in [0.25, 0.3) is 0 Å². The molecular formula is C21H33N3O2. The van der Waals surface area contributed by atoms with Crippen molar-refractivity contribution in [1.82, 2.24) is 4.90 Å². The van der Waals surface area contributed by atoms with Crippen molar-refractivity contribution in [2.24, 2.45) is 5.41 Å². The van der Waals surface area contributed by atoms with Crippen LogP contribution in [0.15, 0.2) is 18.2 Å². The van der Waals surface area contributed by atoms with Crippen LogP contribution in [-0.2, 0) is 9.59 Å². The summed E-state index contributed by atoms with van der Waals surface area (Å²) in [4.78, 5) is 29.7. The lowest BCUT2D eigenvalue weighted by atomic mass is 9.89. The van der Waals surface area contributed by atoms with Gasteiger partial charge in [-0.25, -0.2) is 0 Å². The summed E-state index contributed by atoms with van der Waals surface area (Å²) in [5.74, 6) is -0.320. The van der Waals surface area contributed by atoms with Gasteiger partial charge in [0.1, 0.15) is 5.41 Å². The van der Waals surface area contributed by atoms with Crippen molar-refractivity contribution in [3.05, 3.63) is 23.8 Å². The average molecular weight is 360 g/mol. The molecule has 2 amide bonds. The number of hydrogen-bond donors (Lipinski definition) is 1. The molecule has 0 atom stereocenters.